The number of nitrogens with one attached hydrogen (secondary N) is 1. The highest BCUT2D eigenvalue weighted by molar-refractivity contribution is 7.89. The van der Waals surface area contributed by atoms with Crippen LogP contribution in [0.5, 0.6) is 0 Å². The zero-order chi connectivity index (χ0) is 24.2. The number of carbonyl (C=O) groups excluding carboxylic acids is 2. The van der Waals surface area contributed by atoms with Crippen LogP contribution in [0.25, 0.3) is 11.0 Å². The normalized spacial score (nSPS) is 15.8. The van der Waals surface area contributed by atoms with E-state index in [-0.39, 0.29) is 17.2 Å². The largest absolute Gasteiger partial charge is 0.467 e. The number of methoxy groups -OCH3 is 1. The van der Waals surface area contributed by atoms with Crippen LogP contribution >= 0.6 is 0 Å². The lowest BCUT2D eigenvalue weighted by molar-refractivity contribution is -0.150. The highest BCUT2D eigenvalue weighted by Gasteiger charge is 2.43. The van der Waals surface area contributed by atoms with Gasteiger partial charge in [0.2, 0.25) is 15.9 Å². The number of carbonyl (C=O) groups is 2. The molecule has 1 heterocycles. The average Bonchev–Trinajstić information content (AvgIpc) is 3.41. The zero-order valence-electron chi connectivity index (χ0n) is 19.9. The lowest BCUT2D eigenvalue weighted by Gasteiger charge is -2.27. The Balaban J connectivity index is 1.81. The first-order valence-electron chi connectivity index (χ1n) is 11.6. The standard InChI is InChI=1S/C23H34N4O5S/c1-5-26(6-2)33(30,31)17-10-11-19-18(16-17)24-20(27(19)7-3)12-13-21(28)25-23(22(29)32-4)14-8-9-15-23/h10-11,16H,5-9,12-15H2,1-4H3,(H,25,28). The Morgan fingerprint density at radius 3 is 2.42 bits per heavy atom. The van der Waals surface area contributed by atoms with Crippen molar-refractivity contribution < 1.29 is 22.7 Å². The summed E-state index contributed by atoms with van der Waals surface area (Å²) < 4.78 is 34.1. The number of fused-ring (bicyclic) bond motifs is 1. The zero-order valence-corrected chi connectivity index (χ0v) is 20.7. The molecule has 9 nitrogen and oxygen atoms in total. The van der Waals surface area contributed by atoms with Gasteiger partial charge in [-0.15, -0.1) is 0 Å². The molecule has 0 atom stereocenters. The van der Waals surface area contributed by atoms with E-state index in [0.29, 0.717) is 50.2 Å². The van der Waals surface area contributed by atoms with Crippen LogP contribution in [0, 0.1) is 0 Å². The van der Waals surface area contributed by atoms with Gasteiger partial charge < -0.3 is 14.6 Å². The van der Waals surface area contributed by atoms with Gasteiger partial charge in [0.15, 0.2) is 0 Å². The molecule has 10 heteroatoms. The van der Waals surface area contributed by atoms with Crippen LogP contribution in [-0.4, -0.2) is 59.9 Å². The van der Waals surface area contributed by atoms with Crippen LogP contribution in [0.4, 0.5) is 0 Å². The van der Waals surface area contributed by atoms with Gasteiger partial charge in [0, 0.05) is 32.5 Å². The molecule has 0 bridgehead atoms. The Kier molecular flexibility index (Phi) is 7.79. The Morgan fingerprint density at radius 1 is 1.18 bits per heavy atom. The second-order valence-corrected chi connectivity index (χ2v) is 10.3. The van der Waals surface area contributed by atoms with E-state index in [4.69, 9.17) is 4.74 Å². The molecule has 1 aromatic heterocycles. The van der Waals surface area contributed by atoms with Crippen LogP contribution in [0.3, 0.4) is 0 Å². The van der Waals surface area contributed by atoms with Crippen molar-refractivity contribution in [3.05, 3.63) is 24.0 Å². The van der Waals surface area contributed by atoms with Gasteiger partial charge >= 0.3 is 5.97 Å². The van der Waals surface area contributed by atoms with E-state index >= 15 is 0 Å². The molecule has 33 heavy (non-hydrogen) atoms. The second kappa shape index (κ2) is 10.2. The second-order valence-electron chi connectivity index (χ2n) is 8.34. The fourth-order valence-corrected chi connectivity index (χ4v) is 6.16. The van der Waals surface area contributed by atoms with Crippen molar-refractivity contribution >= 4 is 32.9 Å². The maximum Gasteiger partial charge on any atom is 0.331 e. The lowest BCUT2D eigenvalue weighted by atomic mass is 9.97. The first-order valence-corrected chi connectivity index (χ1v) is 13.0. The number of sulfonamides is 1. The summed E-state index contributed by atoms with van der Waals surface area (Å²) in [5.74, 6) is 0.0940. The van der Waals surface area contributed by atoms with E-state index in [1.165, 1.54) is 11.4 Å². The van der Waals surface area contributed by atoms with Crippen LogP contribution < -0.4 is 5.32 Å². The third-order valence-corrected chi connectivity index (χ3v) is 8.49. The van der Waals surface area contributed by atoms with Gasteiger partial charge in [-0.3, -0.25) is 4.79 Å². The summed E-state index contributed by atoms with van der Waals surface area (Å²) in [6.07, 6.45) is 3.47. The van der Waals surface area contributed by atoms with Gasteiger partial charge in [0.25, 0.3) is 0 Å². The predicted octanol–water partition coefficient (Wildman–Crippen LogP) is 2.62. The van der Waals surface area contributed by atoms with E-state index in [1.807, 2.05) is 25.3 Å². The molecule has 1 N–H and O–H groups in total. The van der Waals surface area contributed by atoms with Gasteiger partial charge in [0.05, 0.1) is 23.0 Å². The summed E-state index contributed by atoms with van der Waals surface area (Å²) in [4.78, 5) is 29.8. The molecule has 0 spiro atoms. The van der Waals surface area contributed by atoms with E-state index in [2.05, 4.69) is 10.3 Å². The smallest absolute Gasteiger partial charge is 0.331 e. The number of nitrogens with zero attached hydrogens (tertiary/aromatic N) is 3. The molecule has 1 saturated carbocycles. The van der Waals surface area contributed by atoms with Crippen molar-refractivity contribution in [3.8, 4) is 0 Å². The number of amides is 1. The first-order chi connectivity index (χ1) is 15.7. The van der Waals surface area contributed by atoms with E-state index in [1.54, 1.807) is 18.2 Å². The average molecular weight is 479 g/mol. The molecule has 0 saturated heterocycles. The van der Waals surface area contributed by atoms with Gasteiger partial charge in [-0.2, -0.15) is 4.31 Å². The third kappa shape index (κ3) is 4.91. The van der Waals surface area contributed by atoms with Crippen LogP contribution in [-0.2, 0) is 37.3 Å². The number of rotatable bonds is 10. The summed E-state index contributed by atoms with van der Waals surface area (Å²) in [5.41, 5.74) is 0.486. The fraction of sp³-hybridized carbons (Fsp3) is 0.609. The van der Waals surface area contributed by atoms with E-state index < -0.39 is 21.5 Å². The lowest BCUT2D eigenvalue weighted by Crippen LogP contribution is -2.53. The maximum atomic E-state index is 12.9. The number of ether oxygens (including phenoxy) is 1. The Morgan fingerprint density at radius 2 is 1.85 bits per heavy atom. The van der Waals surface area contributed by atoms with Crippen LogP contribution in [0.2, 0.25) is 0 Å². The Bertz CT molecular complexity index is 1120. The number of aryl methyl sites for hydroxylation is 2. The molecular formula is C23H34N4O5S. The van der Waals surface area contributed by atoms with Crippen molar-refractivity contribution in [3.63, 3.8) is 0 Å². The number of esters is 1. The molecule has 1 aromatic carbocycles. The van der Waals surface area contributed by atoms with Gasteiger partial charge in [-0.25, -0.2) is 18.2 Å². The molecule has 0 radical (unpaired) electrons. The summed E-state index contributed by atoms with van der Waals surface area (Å²) in [7, 11) is -2.24. The van der Waals surface area contributed by atoms with Crippen molar-refractivity contribution in [2.24, 2.45) is 0 Å². The third-order valence-electron chi connectivity index (χ3n) is 6.45. The molecule has 1 aliphatic carbocycles. The van der Waals surface area contributed by atoms with Crippen LogP contribution in [0.15, 0.2) is 23.1 Å². The van der Waals surface area contributed by atoms with Gasteiger partial charge in [-0.05, 0) is 38.0 Å². The number of benzene rings is 1. The minimum absolute atomic E-state index is 0.173. The van der Waals surface area contributed by atoms with Gasteiger partial charge in [-0.1, -0.05) is 26.7 Å². The minimum Gasteiger partial charge on any atom is -0.467 e. The molecule has 1 aliphatic rings. The maximum absolute atomic E-state index is 12.9. The topological polar surface area (TPSA) is 111 Å². The SMILES string of the molecule is CCN(CC)S(=O)(=O)c1ccc2c(c1)nc(CCC(=O)NC1(C(=O)OC)CCCC1)n2CC. The van der Waals surface area contributed by atoms with Crippen molar-refractivity contribution in [2.45, 2.75) is 76.3 Å². The number of imidazole rings is 1. The molecule has 2 aromatic rings. The molecule has 1 amide bonds. The molecule has 3 rings (SSSR count). The molecule has 1 fully saturated rings. The van der Waals surface area contributed by atoms with Crippen molar-refractivity contribution in [2.75, 3.05) is 20.2 Å². The summed E-state index contributed by atoms with van der Waals surface area (Å²) in [5, 5.41) is 2.90. The van der Waals surface area contributed by atoms with E-state index in [0.717, 1.165) is 18.4 Å². The number of hydrogen-bond donors (Lipinski definition) is 1. The Labute approximate surface area is 195 Å². The predicted molar refractivity (Wildman–Crippen MR) is 125 cm³/mol. The highest BCUT2D eigenvalue weighted by Crippen LogP contribution is 2.31. The van der Waals surface area contributed by atoms with Gasteiger partial charge in [0.1, 0.15) is 11.4 Å². The Hall–Kier alpha value is -2.46. The fourth-order valence-electron chi connectivity index (χ4n) is 4.69. The molecular weight excluding hydrogens is 444 g/mol. The van der Waals surface area contributed by atoms with E-state index in [9.17, 15) is 18.0 Å². The minimum atomic E-state index is -3.58. The summed E-state index contributed by atoms with van der Waals surface area (Å²) in [6.45, 7) is 7.04. The molecule has 182 valence electrons. The summed E-state index contributed by atoms with van der Waals surface area (Å²) in [6, 6.07) is 4.99. The quantitative estimate of drug-likeness (QED) is 0.526. The molecule has 0 aliphatic heterocycles. The van der Waals surface area contributed by atoms with Crippen LogP contribution in [0.1, 0.15) is 58.7 Å². The monoisotopic (exact) mass is 478 g/mol. The highest BCUT2D eigenvalue weighted by atomic mass is 32.2. The molecule has 0 unspecified atom stereocenters. The number of hydrogen-bond acceptors (Lipinski definition) is 6. The summed E-state index contributed by atoms with van der Waals surface area (Å²) >= 11 is 0. The van der Waals surface area contributed by atoms with Crippen molar-refractivity contribution in [1.29, 1.82) is 0 Å². The first kappa shape index (κ1) is 25.2. The van der Waals surface area contributed by atoms with Crippen molar-refractivity contribution in [1.82, 2.24) is 19.2 Å². The number of aromatic nitrogens is 2.